The van der Waals surface area contributed by atoms with E-state index in [0.29, 0.717) is 0 Å². The summed E-state index contributed by atoms with van der Waals surface area (Å²) in [5.74, 6) is -3.52. The van der Waals surface area contributed by atoms with Gasteiger partial charge in [-0.3, -0.25) is 4.84 Å². The predicted octanol–water partition coefficient (Wildman–Crippen LogP) is -0.704. The van der Waals surface area contributed by atoms with E-state index in [-0.39, 0.29) is 0 Å². The van der Waals surface area contributed by atoms with Gasteiger partial charge in [-0.05, 0) is 0 Å². The van der Waals surface area contributed by atoms with Crippen molar-refractivity contribution >= 4 is 11.9 Å². The van der Waals surface area contributed by atoms with Crippen molar-refractivity contribution in [1.82, 2.24) is 0 Å². The van der Waals surface area contributed by atoms with Crippen molar-refractivity contribution in [3.05, 3.63) is 4.91 Å². The van der Waals surface area contributed by atoms with Crippen LogP contribution in [0.1, 0.15) is 0 Å². The zero-order chi connectivity index (χ0) is 6.57. The molecule has 0 aromatic carbocycles. The van der Waals surface area contributed by atoms with Gasteiger partial charge in [0.15, 0.2) is 5.34 Å². The van der Waals surface area contributed by atoms with Crippen LogP contribution in [0.4, 0.5) is 0 Å². The Morgan fingerprint density at radius 1 is 1.50 bits per heavy atom. The van der Waals surface area contributed by atoms with Crippen molar-refractivity contribution in [2.45, 2.75) is 0 Å². The number of hydrogen-bond acceptors (Lipinski definition) is 5. The largest absolute Gasteiger partial charge is 0.473 e. The minimum atomic E-state index is -1.84. The lowest BCUT2D eigenvalue weighted by molar-refractivity contribution is -0.164. The number of carboxylic acid groups (broad SMARTS) is 1. The van der Waals surface area contributed by atoms with E-state index in [0.717, 1.165) is 0 Å². The van der Waals surface area contributed by atoms with Crippen LogP contribution >= 0.6 is 0 Å². The second kappa shape index (κ2) is 2.67. The molecule has 0 saturated heterocycles. The standard InChI is InChI=1S/C2HNO5/c4-1(5)2(6)8-3-7/h(H,4,5). The van der Waals surface area contributed by atoms with Crippen LogP contribution < -0.4 is 0 Å². The highest BCUT2D eigenvalue weighted by Crippen LogP contribution is 1.75. The molecule has 0 spiro atoms. The summed E-state index contributed by atoms with van der Waals surface area (Å²) in [6.07, 6.45) is 0. The SMILES string of the molecule is O=NOC(=O)C(=O)O. The summed E-state index contributed by atoms with van der Waals surface area (Å²) in [5, 5.41) is 9.22. The molecule has 0 rings (SSSR count). The van der Waals surface area contributed by atoms with Gasteiger partial charge in [0.25, 0.3) is 0 Å². The Hall–Kier alpha value is -1.46. The number of rotatable bonds is 1. The van der Waals surface area contributed by atoms with E-state index in [1.165, 1.54) is 0 Å². The first-order valence-corrected chi connectivity index (χ1v) is 1.45. The zero-order valence-electron chi connectivity index (χ0n) is 3.53. The highest BCUT2D eigenvalue weighted by Gasteiger charge is 2.12. The second-order valence-electron chi connectivity index (χ2n) is 0.758. The van der Waals surface area contributed by atoms with Gasteiger partial charge in [0, 0.05) is 0 Å². The molecule has 0 saturated carbocycles. The Bertz CT molecular complexity index is 128. The lowest BCUT2D eigenvalue weighted by Crippen LogP contribution is -2.12. The van der Waals surface area contributed by atoms with Gasteiger partial charge in [0.1, 0.15) is 0 Å². The summed E-state index contributed by atoms with van der Waals surface area (Å²) in [7, 11) is 0. The molecule has 0 aromatic rings. The van der Waals surface area contributed by atoms with Gasteiger partial charge >= 0.3 is 11.9 Å². The topological polar surface area (TPSA) is 93.0 Å². The van der Waals surface area contributed by atoms with Crippen molar-refractivity contribution in [2.75, 3.05) is 0 Å². The minimum absolute atomic E-state index is 1.58. The maximum atomic E-state index is 9.63. The van der Waals surface area contributed by atoms with Gasteiger partial charge in [-0.1, -0.05) is 0 Å². The molecule has 44 valence electrons. The van der Waals surface area contributed by atoms with E-state index in [1.54, 1.807) is 5.34 Å². The van der Waals surface area contributed by atoms with E-state index in [1.807, 2.05) is 0 Å². The molecule has 1 N–H and O–H groups in total. The molecule has 0 aliphatic carbocycles. The first-order chi connectivity index (χ1) is 3.68. The fourth-order valence-corrected chi connectivity index (χ4v) is 0.0729. The van der Waals surface area contributed by atoms with Gasteiger partial charge in [0.2, 0.25) is 0 Å². The Morgan fingerprint density at radius 3 is 2.12 bits per heavy atom. The van der Waals surface area contributed by atoms with Crippen molar-refractivity contribution in [2.24, 2.45) is 5.34 Å². The molecule has 6 nitrogen and oxygen atoms in total. The third-order valence-electron chi connectivity index (χ3n) is 0.295. The maximum Gasteiger partial charge on any atom is 0.445 e. The first-order valence-electron chi connectivity index (χ1n) is 1.45. The van der Waals surface area contributed by atoms with Gasteiger partial charge in [-0.25, -0.2) is 9.59 Å². The van der Waals surface area contributed by atoms with Crippen LogP contribution in [0, 0.1) is 4.91 Å². The normalized spacial score (nSPS) is 7.50. The van der Waals surface area contributed by atoms with Gasteiger partial charge in [0.05, 0.1) is 0 Å². The number of carboxylic acids is 1. The second-order valence-corrected chi connectivity index (χ2v) is 0.758. The van der Waals surface area contributed by atoms with Crippen LogP contribution in [0.3, 0.4) is 0 Å². The van der Waals surface area contributed by atoms with Gasteiger partial charge in [-0.2, -0.15) is 0 Å². The summed E-state index contributed by atoms with van der Waals surface area (Å²) in [6.45, 7) is 0. The van der Waals surface area contributed by atoms with Gasteiger partial charge in [-0.15, -0.1) is 4.91 Å². The molecule has 0 aromatic heterocycles. The van der Waals surface area contributed by atoms with Crippen molar-refractivity contribution in [1.29, 1.82) is 0 Å². The average Bonchev–Trinajstić information content (AvgIpc) is 1.67. The van der Waals surface area contributed by atoms with Crippen LogP contribution in [0.5, 0.6) is 0 Å². The number of hydrogen-bond donors (Lipinski definition) is 1. The molecule has 6 heteroatoms. The molecule has 8 heavy (non-hydrogen) atoms. The molecule has 0 heterocycles. The minimum Gasteiger partial charge on any atom is -0.473 e. The van der Waals surface area contributed by atoms with E-state index in [9.17, 15) is 9.59 Å². The lowest BCUT2D eigenvalue weighted by Gasteiger charge is -1.80. The van der Waals surface area contributed by atoms with E-state index in [2.05, 4.69) is 4.84 Å². The Balaban J connectivity index is 3.65. The van der Waals surface area contributed by atoms with Crippen LogP contribution in [-0.2, 0) is 14.4 Å². The molecule has 0 unspecified atom stereocenters. The fraction of sp³-hybridized carbons (Fsp3) is 0. The predicted molar refractivity (Wildman–Crippen MR) is 19.5 cm³/mol. The summed E-state index contributed by atoms with van der Waals surface area (Å²) >= 11 is 0. The molecule has 0 aliphatic heterocycles. The van der Waals surface area contributed by atoms with E-state index < -0.39 is 11.9 Å². The summed E-state index contributed by atoms with van der Waals surface area (Å²) in [6, 6.07) is 0. The van der Waals surface area contributed by atoms with Crippen LogP contribution in [0.25, 0.3) is 0 Å². The Morgan fingerprint density at radius 2 is 2.00 bits per heavy atom. The summed E-state index contributed by atoms with van der Waals surface area (Å²) < 4.78 is 0. The molecule has 0 bridgehead atoms. The summed E-state index contributed by atoms with van der Waals surface area (Å²) in [4.78, 5) is 31.1. The third-order valence-corrected chi connectivity index (χ3v) is 0.295. The fourth-order valence-electron chi connectivity index (χ4n) is 0.0729. The van der Waals surface area contributed by atoms with Crippen molar-refractivity contribution in [3.63, 3.8) is 0 Å². The molecular weight excluding hydrogens is 118 g/mol. The Kier molecular flexibility index (Phi) is 2.18. The Labute approximate surface area is 43.0 Å². The molecule has 0 aliphatic rings. The zero-order valence-corrected chi connectivity index (χ0v) is 3.53. The number of carbonyl (C=O) groups excluding carboxylic acids is 1. The molecule has 0 radical (unpaired) electrons. The lowest BCUT2D eigenvalue weighted by atomic mass is 10.7. The van der Waals surface area contributed by atoms with Gasteiger partial charge < -0.3 is 5.11 Å². The quantitative estimate of drug-likeness (QED) is 0.279. The van der Waals surface area contributed by atoms with Crippen LogP contribution in [-0.4, -0.2) is 17.0 Å². The smallest absolute Gasteiger partial charge is 0.445 e. The molecule has 0 fully saturated rings. The van der Waals surface area contributed by atoms with Crippen LogP contribution in [0.2, 0.25) is 0 Å². The molecular formula is C2HNO5. The number of nitrogens with zero attached hydrogens (tertiary/aromatic N) is 1. The number of aliphatic carboxylic acids is 1. The first kappa shape index (κ1) is 6.54. The molecule has 0 atom stereocenters. The van der Waals surface area contributed by atoms with Crippen molar-refractivity contribution < 1.29 is 19.5 Å². The molecule has 0 amide bonds. The van der Waals surface area contributed by atoms with E-state index in [4.69, 9.17) is 10.0 Å². The van der Waals surface area contributed by atoms with Crippen molar-refractivity contribution in [3.8, 4) is 0 Å². The third kappa shape index (κ3) is 1.85. The highest BCUT2D eigenvalue weighted by atomic mass is 16.8. The maximum absolute atomic E-state index is 9.63. The van der Waals surface area contributed by atoms with E-state index >= 15 is 0 Å². The highest BCUT2D eigenvalue weighted by molar-refractivity contribution is 6.28. The monoisotopic (exact) mass is 119 g/mol. The number of carbonyl (C=O) groups is 2. The van der Waals surface area contributed by atoms with Crippen LogP contribution in [0.15, 0.2) is 5.34 Å². The average molecular weight is 119 g/mol. The summed E-state index contributed by atoms with van der Waals surface area (Å²) in [5.41, 5.74) is 0.